The number of amides is 1. The highest BCUT2D eigenvalue weighted by molar-refractivity contribution is 6.33. The van der Waals surface area contributed by atoms with Crippen molar-refractivity contribution in [1.82, 2.24) is 0 Å². The normalized spacial score (nSPS) is 15.1. The second kappa shape index (κ2) is 7.48. The van der Waals surface area contributed by atoms with E-state index in [1.54, 1.807) is 43.5 Å². The molecule has 0 fully saturated rings. The van der Waals surface area contributed by atoms with Crippen LogP contribution >= 0.6 is 0 Å². The van der Waals surface area contributed by atoms with Crippen LogP contribution in [0.15, 0.2) is 89.6 Å². The van der Waals surface area contributed by atoms with Crippen molar-refractivity contribution in [1.29, 1.82) is 0 Å². The van der Waals surface area contributed by atoms with Crippen molar-refractivity contribution in [3.8, 4) is 5.75 Å². The molecule has 0 saturated heterocycles. The Bertz CT molecular complexity index is 1090. The van der Waals surface area contributed by atoms with E-state index in [1.165, 1.54) is 11.0 Å². The van der Waals surface area contributed by atoms with Crippen molar-refractivity contribution in [2.75, 3.05) is 12.0 Å². The summed E-state index contributed by atoms with van der Waals surface area (Å²) in [6.45, 7) is 0. The Morgan fingerprint density at radius 2 is 1.71 bits per heavy atom. The monoisotopic (exact) mass is 372 g/mol. The molecule has 4 rings (SSSR count). The van der Waals surface area contributed by atoms with Gasteiger partial charge >= 0.3 is 0 Å². The lowest BCUT2D eigenvalue weighted by Crippen LogP contribution is -2.33. The Kier molecular flexibility index (Phi) is 4.72. The van der Waals surface area contributed by atoms with Crippen LogP contribution in [0.5, 0.6) is 5.75 Å². The summed E-state index contributed by atoms with van der Waals surface area (Å²) in [5.74, 6) is 0.200. The molecule has 0 saturated carbocycles. The molecule has 0 atom stereocenters. The van der Waals surface area contributed by atoms with E-state index in [0.29, 0.717) is 11.4 Å². The molecule has 0 N–H and O–H groups in total. The number of rotatable bonds is 4. The summed E-state index contributed by atoms with van der Waals surface area (Å²) in [5.41, 5.74) is 1.90. The molecule has 0 unspecified atom stereocenters. The SMILES string of the molecule is COc1cccc(/C=C2/N=C(c3ccccc3F)N(c3ccccc3)C2=O)c1. The molecule has 4 nitrogen and oxygen atoms in total. The molecule has 5 heteroatoms. The number of hydrogen-bond donors (Lipinski definition) is 0. The van der Waals surface area contributed by atoms with Crippen LogP contribution < -0.4 is 9.64 Å². The maximum atomic E-state index is 14.5. The number of aliphatic imine (C=N–C) groups is 1. The topological polar surface area (TPSA) is 41.9 Å². The first kappa shape index (κ1) is 17.7. The van der Waals surface area contributed by atoms with Crippen LogP contribution in [0.2, 0.25) is 0 Å². The lowest BCUT2D eigenvalue weighted by molar-refractivity contribution is -0.113. The number of ether oxygens (including phenoxy) is 1. The lowest BCUT2D eigenvalue weighted by Gasteiger charge is -2.18. The van der Waals surface area contributed by atoms with Crippen molar-refractivity contribution < 1.29 is 13.9 Å². The molecule has 0 radical (unpaired) electrons. The van der Waals surface area contributed by atoms with E-state index in [0.717, 1.165) is 5.56 Å². The number of halogens is 1. The van der Waals surface area contributed by atoms with Gasteiger partial charge in [0, 0.05) is 0 Å². The molecule has 0 bridgehead atoms. The molecule has 1 aliphatic rings. The van der Waals surface area contributed by atoms with Gasteiger partial charge in [0.05, 0.1) is 18.4 Å². The molecule has 0 aliphatic carbocycles. The fraction of sp³-hybridized carbons (Fsp3) is 0.0435. The summed E-state index contributed by atoms with van der Waals surface area (Å²) < 4.78 is 19.7. The van der Waals surface area contributed by atoms with E-state index in [9.17, 15) is 9.18 Å². The first-order valence-electron chi connectivity index (χ1n) is 8.76. The number of anilines is 1. The van der Waals surface area contributed by atoms with Gasteiger partial charge in [-0.15, -0.1) is 0 Å². The predicted molar refractivity (Wildman–Crippen MR) is 108 cm³/mol. The zero-order chi connectivity index (χ0) is 19.5. The summed E-state index contributed by atoms with van der Waals surface area (Å²) in [5, 5.41) is 0. The Labute approximate surface area is 162 Å². The van der Waals surface area contributed by atoms with E-state index in [-0.39, 0.29) is 23.0 Å². The molecular weight excluding hydrogens is 355 g/mol. The number of benzene rings is 3. The summed E-state index contributed by atoms with van der Waals surface area (Å²) in [7, 11) is 1.58. The maximum absolute atomic E-state index is 14.5. The van der Waals surface area contributed by atoms with E-state index in [2.05, 4.69) is 4.99 Å². The highest BCUT2D eigenvalue weighted by atomic mass is 19.1. The van der Waals surface area contributed by atoms with Crippen LogP contribution in [0.1, 0.15) is 11.1 Å². The zero-order valence-electron chi connectivity index (χ0n) is 15.2. The third-order valence-corrected chi connectivity index (χ3v) is 4.39. The minimum atomic E-state index is -0.433. The zero-order valence-corrected chi connectivity index (χ0v) is 15.2. The van der Waals surface area contributed by atoms with Gasteiger partial charge in [0.1, 0.15) is 17.3 Å². The van der Waals surface area contributed by atoms with Crippen LogP contribution in [0, 0.1) is 5.82 Å². The van der Waals surface area contributed by atoms with Crippen molar-refractivity contribution in [2.45, 2.75) is 0 Å². The van der Waals surface area contributed by atoms with Crippen LogP contribution in [-0.4, -0.2) is 18.9 Å². The second-order valence-corrected chi connectivity index (χ2v) is 6.20. The van der Waals surface area contributed by atoms with Crippen molar-refractivity contribution in [2.24, 2.45) is 4.99 Å². The average molecular weight is 372 g/mol. The van der Waals surface area contributed by atoms with E-state index in [1.807, 2.05) is 42.5 Å². The molecule has 0 spiro atoms. The predicted octanol–water partition coefficient (Wildman–Crippen LogP) is 4.67. The van der Waals surface area contributed by atoms with E-state index >= 15 is 0 Å². The first-order chi connectivity index (χ1) is 13.7. The third kappa shape index (κ3) is 3.30. The molecule has 1 aliphatic heterocycles. The molecule has 0 aromatic heterocycles. The van der Waals surface area contributed by atoms with Gasteiger partial charge in [-0.2, -0.15) is 0 Å². The highest BCUT2D eigenvalue weighted by Crippen LogP contribution is 2.29. The van der Waals surface area contributed by atoms with Gasteiger partial charge in [-0.25, -0.2) is 9.38 Å². The van der Waals surface area contributed by atoms with Crippen LogP contribution in [-0.2, 0) is 4.79 Å². The van der Waals surface area contributed by atoms with Gasteiger partial charge in [0.15, 0.2) is 5.84 Å². The van der Waals surface area contributed by atoms with Gasteiger partial charge < -0.3 is 4.74 Å². The van der Waals surface area contributed by atoms with Gasteiger partial charge in [0.2, 0.25) is 0 Å². The Hall–Kier alpha value is -3.73. The van der Waals surface area contributed by atoms with Crippen LogP contribution in [0.4, 0.5) is 10.1 Å². The molecule has 138 valence electrons. The number of nitrogens with zero attached hydrogens (tertiary/aromatic N) is 2. The standard InChI is InChI=1S/C23H17FN2O2/c1-28-18-11-7-8-16(14-18)15-21-23(27)26(17-9-3-2-4-10-17)22(25-21)19-12-5-6-13-20(19)24/h2-15H,1H3/b21-15+. The Morgan fingerprint density at radius 1 is 0.964 bits per heavy atom. The number of hydrogen-bond acceptors (Lipinski definition) is 3. The summed E-state index contributed by atoms with van der Waals surface area (Å²) in [6, 6.07) is 22.7. The van der Waals surface area contributed by atoms with E-state index in [4.69, 9.17) is 4.74 Å². The second-order valence-electron chi connectivity index (χ2n) is 6.20. The summed E-state index contributed by atoms with van der Waals surface area (Å²) in [6.07, 6.45) is 1.68. The molecule has 1 heterocycles. The highest BCUT2D eigenvalue weighted by Gasteiger charge is 2.33. The quantitative estimate of drug-likeness (QED) is 0.625. The molecule has 1 amide bonds. The number of carbonyl (C=O) groups excluding carboxylic acids is 1. The Balaban J connectivity index is 1.84. The lowest BCUT2D eigenvalue weighted by atomic mass is 10.1. The fourth-order valence-corrected chi connectivity index (χ4v) is 3.05. The molecule has 3 aromatic rings. The van der Waals surface area contributed by atoms with Gasteiger partial charge in [-0.3, -0.25) is 9.69 Å². The summed E-state index contributed by atoms with van der Waals surface area (Å²) >= 11 is 0. The van der Waals surface area contributed by atoms with Crippen LogP contribution in [0.25, 0.3) is 6.08 Å². The molecule has 28 heavy (non-hydrogen) atoms. The van der Waals surface area contributed by atoms with Gasteiger partial charge in [-0.1, -0.05) is 42.5 Å². The van der Waals surface area contributed by atoms with Crippen molar-refractivity contribution >= 4 is 23.5 Å². The number of para-hydroxylation sites is 1. The van der Waals surface area contributed by atoms with Crippen molar-refractivity contribution in [3.63, 3.8) is 0 Å². The average Bonchev–Trinajstić information content (AvgIpc) is 3.05. The molecular formula is C23H17FN2O2. The maximum Gasteiger partial charge on any atom is 0.282 e. The molecule has 3 aromatic carbocycles. The first-order valence-corrected chi connectivity index (χ1v) is 8.76. The summed E-state index contributed by atoms with van der Waals surface area (Å²) in [4.78, 5) is 19.1. The van der Waals surface area contributed by atoms with Crippen LogP contribution in [0.3, 0.4) is 0 Å². The third-order valence-electron chi connectivity index (χ3n) is 4.39. The fourth-order valence-electron chi connectivity index (χ4n) is 3.05. The smallest absolute Gasteiger partial charge is 0.282 e. The van der Waals surface area contributed by atoms with Gasteiger partial charge in [-0.05, 0) is 48.0 Å². The largest absolute Gasteiger partial charge is 0.497 e. The van der Waals surface area contributed by atoms with Crippen molar-refractivity contribution in [3.05, 3.63) is 102 Å². The number of methoxy groups -OCH3 is 1. The number of amidine groups is 1. The van der Waals surface area contributed by atoms with E-state index < -0.39 is 5.82 Å². The van der Waals surface area contributed by atoms with Gasteiger partial charge in [0.25, 0.3) is 5.91 Å². The Morgan fingerprint density at radius 3 is 2.46 bits per heavy atom. The minimum absolute atomic E-state index is 0.232. The minimum Gasteiger partial charge on any atom is -0.497 e. The number of carbonyl (C=O) groups is 1.